The molecule has 0 saturated carbocycles. The second-order valence-electron chi connectivity index (χ2n) is 4.52. The summed E-state index contributed by atoms with van der Waals surface area (Å²) >= 11 is 0. The lowest BCUT2D eigenvalue weighted by Crippen LogP contribution is -2.19. The summed E-state index contributed by atoms with van der Waals surface area (Å²) in [6, 6.07) is 0. The minimum Gasteiger partial charge on any atom is -0.0837 e. The van der Waals surface area contributed by atoms with Gasteiger partial charge in [-0.05, 0) is 24.7 Å². The van der Waals surface area contributed by atoms with Crippen LogP contribution < -0.4 is 0 Å². The first kappa shape index (κ1) is 8.58. The number of rotatable bonds is 0. The molecule has 0 heterocycles. The maximum atomic E-state index is 2.39. The molecule has 1 unspecified atom stereocenters. The van der Waals surface area contributed by atoms with Crippen molar-refractivity contribution in [2.45, 2.75) is 34.1 Å². The third kappa shape index (κ3) is 2.21. The van der Waals surface area contributed by atoms with Gasteiger partial charge in [0.05, 0.1) is 0 Å². The minimum absolute atomic E-state index is 0.423. The average molecular weight is 150 g/mol. The van der Waals surface area contributed by atoms with Crippen molar-refractivity contribution < 1.29 is 0 Å². The molecule has 0 aromatic heterocycles. The van der Waals surface area contributed by atoms with E-state index in [0.29, 0.717) is 5.41 Å². The third-order valence-electron chi connectivity index (χ3n) is 2.35. The molecule has 0 aromatic rings. The zero-order chi connectivity index (χ0) is 8.48. The summed E-state index contributed by atoms with van der Waals surface area (Å²) < 4.78 is 0. The lowest BCUT2D eigenvalue weighted by molar-refractivity contribution is 0.292. The van der Waals surface area contributed by atoms with Gasteiger partial charge >= 0.3 is 0 Å². The van der Waals surface area contributed by atoms with Crippen LogP contribution in [0.15, 0.2) is 23.8 Å². The van der Waals surface area contributed by atoms with Gasteiger partial charge in [-0.15, -0.1) is 0 Å². The largest absolute Gasteiger partial charge is 0.0837 e. The fourth-order valence-electron chi connectivity index (χ4n) is 1.45. The van der Waals surface area contributed by atoms with Crippen LogP contribution in [0.25, 0.3) is 0 Å². The Morgan fingerprint density at radius 2 is 2.00 bits per heavy atom. The molecule has 1 atom stereocenters. The summed E-state index contributed by atoms with van der Waals surface area (Å²) in [6.07, 6.45) is 8.09. The number of allylic oxidation sites excluding steroid dienone is 4. The summed E-state index contributed by atoms with van der Waals surface area (Å²) in [5.74, 6) is 0.729. The van der Waals surface area contributed by atoms with Crippen LogP contribution in [0.4, 0.5) is 0 Å². The SMILES string of the molecule is CC1=CC(C(C)(C)C)CC=C1. The normalized spacial score (nSPS) is 25.1. The van der Waals surface area contributed by atoms with E-state index in [9.17, 15) is 0 Å². The van der Waals surface area contributed by atoms with Gasteiger partial charge in [0.1, 0.15) is 0 Å². The Morgan fingerprint density at radius 3 is 2.36 bits per heavy atom. The van der Waals surface area contributed by atoms with E-state index in [0.717, 1.165) is 5.92 Å². The van der Waals surface area contributed by atoms with E-state index < -0.39 is 0 Å². The molecule has 0 nitrogen and oxygen atoms in total. The smallest absolute Gasteiger partial charge is 0.0144 e. The maximum absolute atomic E-state index is 2.39. The molecule has 62 valence electrons. The van der Waals surface area contributed by atoms with E-state index >= 15 is 0 Å². The summed E-state index contributed by atoms with van der Waals surface area (Å²) in [6.45, 7) is 9.09. The lowest BCUT2D eigenvalue weighted by atomic mass is 9.76. The third-order valence-corrected chi connectivity index (χ3v) is 2.35. The molecule has 0 heteroatoms. The predicted octanol–water partition coefficient (Wildman–Crippen LogP) is 3.55. The summed E-state index contributed by atoms with van der Waals surface area (Å²) in [5, 5.41) is 0. The van der Waals surface area contributed by atoms with Crippen LogP contribution in [0.1, 0.15) is 34.1 Å². The van der Waals surface area contributed by atoms with Gasteiger partial charge in [0.2, 0.25) is 0 Å². The van der Waals surface area contributed by atoms with Crippen LogP contribution in [0, 0.1) is 11.3 Å². The molecular weight excluding hydrogens is 132 g/mol. The second kappa shape index (κ2) is 2.84. The van der Waals surface area contributed by atoms with Gasteiger partial charge in [-0.3, -0.25) is 0 Å². The first-order valence-electron chi connectivity index (χ1n) is 4.35. The Bertz CT molecular complexity index is 189. The van der Waals surface area contributed by atoms with Crippen molar-refractivity contribution in [3.63, 3.8) is 0 Å². The van der Waals surface area contributed by atoms with Crippen molar-refractivity contribution in [1.82, 2.24) is 0 Å². The number of hydrogen-bond donors (Lipinski definition) is 0. The topological polar surface area (TPSA) is 0 Å². The van der Waals surface area contributed by atoms with E-state index in [2.05, 4.69) is 45.9 Å². The maximum Gasteiger partial charge on any atom is -0.0144 e. The summed E-state index contributed by atoms with van der Waals surface area (Å²) in [7, 11) is 0. The minimum atomic E-state index is 0.423. The average Bonchev–Trinajstić information content (AvgIpc) is 1.86. The Balaban J connectivity index is 2.71. The standard InChI is InChI=1S/C11H18/c1-9-6-5-7-10(8-9)11(2,3)4/h5-6,8,10H,7H2,1-4H3. The van der Waals surface area contributed by atoms with Crippen LogP contribution in [0.5, 0.6) is 0 Å². The highest BCUT2D eigenvalue weighted by Gasteiger charge is 2.22. The van der Waals surface area contributed by atoms with Gasteiger partial charge in [-0.25, -0.2) is 0 Å². The highest BCUT2D eigenvalue weighted by Crippen LogP contribution is 2.33. The van der Waals surface area contributed by atoms with Crippen LogP contribution in [0.3, 0.4) is 0 Å². The molecular formula is C11H18. The molecule has 0 radical (unpaired) electrons. The molecule has 0 saturated heterocycles. The fourth-order valence-corrected chi connectivity index (χ4v) is 1.45. The Morgan fingerprint density at radius 1 is 1.36 bits per heavy atom. The van der Waals surface area contributed by atoms with Crippen molar-refractivity contribution in [2.75, 3.05) is 0 Å². The first-order valence-corrected chi connectivity index (χ1v) is 4.35. The van der Waals surface area contributed by atoms with E-state index in [1.54, 1.807) is 0 Å². The molecule has 0 fully saturated rings. The predicted molar refractivity (Wildman–Crippen MR) is 50.5 cm³/mol. The van der Waals surface area contributed by atoms with Gasteiger partial charge < -0.3 is 0 Å². The highest BCUT2D eigenvalue weighted by atomic mass is 14.3. The molecule has 11 heavy (non-hydrogen) atoms. The first-order chi connectivity index (χ1) is 5.00. The van der Waals surface area contributed by atoms with Crippen molar-refractivity contribution >= 4 is 0 Å². The molecule has 1 rings (SSSR count). The highest BCUT2D eigenvalue weighted by molar-refractivity contribution is 5.22. The lowest BCUT2D eigenvalue weighted by Gasteiger charge is -2.29. The second-order valence-corrected chi connectivity index (χ2v) is 4.52. The van der Waals surface area contributed by atoms with Gasteiger partial charge in [-0.2, -0.15) is 0 Å². The molecule has 0 amide bonds. The quantitative estimate of drug-likeness (QED) is 0.495. The zero-order valence-corrected chi connectivity index (χ0v) is 8.02. The van der Waals surface area contributed by atoms with Gasteiger partial charge in [0.15, 0.2) is 0 Å². The van der Waals surface area contributed by atoms with Crippen LogP contribution >= 0.6 is 0 Å². The van der Waals surface area contributed by atoms with Gasteiger partial charge in [0.25, 0.3) is 0 Å². The Kier molecular flexibility index (Phi) is 2.22. The van der Waals surface area contributed by atoms with Crippen molar-refractivity contribution in [1.29, 1.82) is 0 Å². The van der Waals surface area contributed by atoms with Crippen LogP contribution in [-0.4, -0.2) is 0 Å². The molecule has 0 aliphatic heterocycles. The van der Waals surface area contributed by atoms with Crippen molar-refractivity contribution in [2.24, 2.45) is 11.3 Å². The van der Waals surface area contributed by atoms with Crippen LogP contribution in [0.2, 0.25) is 0 Å². The van der Waals surface area contributed by atoms with E-state index in [4.69, 9.17) is 0 Å². The molecule has 1 aliphatic carbocycles. The van der Waals surface area contributed by atoms with Crippen molar-refractivity contribution in [3.8, 4) is 0 Å². The molecule has 0 aromatic carbocycles. The molecule has 1 aliphatic rings. The van der Waals surface area contributed by atoms with Gasteiger partial charge in [0, 0.05) is 0 Å². The van der Waals surface area contributed by atoms with E-state index in [1.165, 1.54) is 12.0 Å². The number of hydrogen-bond acceptors (Lipinski definition) is 0. The van der Waals surface area contributed by atoms with Crippen molar-refractivity contribution in [3.05, 3.63) is 23.8 Å². The van der Waals surface area contributed by atoms with Gasteiger partial charge in [-0.1, -0.05) is 44.6 Å². The van der Waals surface area contributed by atoms with E-state index in [-0.39, 0.29) is 0 Å². The Hall–Kier alpha value is -0.520. The summed E-state index contributed by atoms with van der Waals surface area (Å²) in [4.78, 5) is 0. The molecule has 0 N–H and O–H groups in total. The Labute approximate surface area is 70.0 Å². The summed E-state index contributed by atoms with van der Waals surface area (Å²) in [5.41, 5.74) is 1.84. The van der Waals surface area contributed by atoms with E-state index in [1.807, 2.05) is 0 Å². The molecule has 0 spiro atoms. The zero-order valence-electron chi connectivity index (χ0n) is 8.02. The molecule has 0 bridgehead atoms. The fraction of sp³-hybridized carbons (Fsp3) is 0.636. The van der Waals surface area contributed by atoms with Crippen LogP contribution in [-0.2, 0) is 0 Å². The monoisotopic (exact) mass is 150 g/mol.